The highest BCUT2D eigenvalue weighted by Crippen LogP contribution is 2.57. The molecule has 144 valence electrons. The van der Waals surface area contributed by atoms with Crippen LogP contribution in [0.3, 0.4) is 0 Å². The molecule has 4 bridgehead atoms. The Labute approximate surface area is 159 Å². The summed E-state index contributed by atoms with van der Waals surface area (Å²) in [5.41, 5.74) is 2.26. The van der Waals surface area contributed by atoms with Gasteiger partial charge in [0.25, 0.3) is 5.91 Å². The van der Waals surface area contributed by atoms with Crippen LogP contribution in [0.15, 0.2) is 29.8 Å². The van der Waals surface area contributed by atoms with Crippen LogP contribution in [-0.2, 0) is 19.8 Å². The van der Waals surface area contributed by atoms with Crippen LogP contribution in [0.25, 0.3) is 0 Å². The lowest BCUT2D eigenvalue weighted by Gasteiger charge is -2.46. The zero-order valence-corrected chi connectivity index (χ0v) is 16.0. The summed E-state index contributed by atoms with van der Waals surface area (Å²) in [4.78, 5) is 21.5. The monoisotopic (exact) mass is 370 g/mol. The lowest BCUT2D eigenvalue weighted by Crippen LogP contribution is -2.50. The molecule has 6 rings (SSSR count). The third-order valence-electron chi connectivity index (χ3n) is 7.32. The van der Waals surface area contributed by atoms with Crippen molar-refractivity contribution in [2.45, 2.75) is 37.3 Å². The van der Waals surface area contributed by atoms with E-state index in [-0.39, 0.29) is 23.8 Å². The molecule has 3 saturated heterocycles. The van der Waals surface area contributed by atoms with Gasteiger partial charge in [0.1, 0.15) is 11.2 Å². The molecule has 1 aliphatic carbocycles. The topological polar surface area (TPSA) is 62.2 Å². The van der Waals surface area contributed by atoms with E-state index in [1.807, 2.05) is 6.07 Å². The standard InChI is InChI=1S/C21H26N2O4/c1-4-12-10-22(2)18-9-21(19-8-14(12)15(18)11-27-19)16-6-5-13(24)7-17(16)23(26-3)20(21)25/h4-7,14-15,18-19,24H,8-11H2,1-3H3/b12-4+/t14-,15+,18+,19-,21+/m1/s1. The van der Waals surface area contributed by atoms with Crippen LogP contribution < -0.4 is 5.06 Å². The predicted octanol–water partition coefficient (Wildman–Crippen LogP) is 2.22. The minimum absolute atomic E-state index is 0.0702. The molecular formula is C21H26N2O4. The number of anilines is 1. The molecule has 1 aromatic carbocycles. The molecule has 1 N–H and O–H groups in total. The van der Waals surface area contributed by atoms with Crippen LogP contribution >= 0.6 is 0 Å². The lowest BCUT2D eigenvalue weighted by atomic mass is 9.72. The first-order valence-corrected chi connectivity index (χ1v) is 9.70. The third-order valence-corrected chi connectivity index (χ3v) is 7.32. The summed E-state index contributed by atoms with van der Waals surface area (Å²) in [5.74, 6) is 0.945. The molecule has 0 aromatic heterocycles. The number of fused-ring (bicyclic) bond motifs is 2. The summed E-state index contributed by atoms with van der Waals surface area (Å²) in [6, 6.07) is 5.45. The Morgan fingerprint density at radius 1 is 1.41 bits per heavy atom. The Morgan fingerprint density at radius 2 is 2.22 bits per heavy atom. The number of allylic oxidation sites excluding steroid dienone is 1. The average Bonchev–Trinajstić information content (AvgIpc) is 2.78. The number of piperidine rings is 1. The maximum atomic E-state index is 13.7. The summed E-state index contributed by atoms with van der Waals surface area (Å²) in [5, 5.41) is 11.3. The van der Waals surface area contributed by atoms with E-state index >= 15 is 0 Å². The number of nitrogens with zero attached hydrogens (tertiary/aromatic N) is 2. The number of hydroxylamine groups is 1. The van der Waals surface area contributed by atoms with Gasteiger partial charge in [0, 0.05) is 24.6 Å². The van der Waals surface area contributed by atoms with E-state index < -0.39 is 5.41 Å². The van der Waals surface area contributed by atoms with Crippen LogP contribution in [0.1, 0.15) is 25.3 Å². The van der Waals surface area contributed by atoms with Gasteiger partial charge in [-0.15, -0.1) is 0 Å². The molecule has 0 unspecified atom stereocenters. The van der Waals surface area contributed by atoms with E-state index in [1.54, 1.807) is 12.1 Å². The Kier molecular flexibility index (Phi) is 3.70. The summed E-state index contributed by atoms with van der Waals surface area (Å²) < 4.78 is 6.35. The fourth-order valence-corrected chi connectivity index (χ4v) is 6.05. The van der Waals surface area contributed by atoms with Gasteiger partial charge in [0.2, 0.25) is 0 Å². The molecule has 1 saturated carbocycles. The van der Waals surface area contributed by atoms with E-state index in [1.165, 1.54) is 17.7 Å². The molecule has 6 nitrogen and oxygen atoms in total. The Balaban J connectivity index is 1.70. The van der Waals surface area contributed by atoms with Gasteiger partial charge >= 0.3 is 0 Å². The SMILES string of the molecule is C/C=C1\CN(C)[C@H]2C[C@@]3(C(=O)N(OC)c4cc(O)ccc43)[C@H]3C[C@H]1[C@@H]2CO3. The van der Waals surface area contributed by atoms with Gasteiger partial charge in [0.15, 0.2) is 0 Å². The summed E-state index contributed by atoms with van der Waals surface area (Å²) in [7, 11) is 3.66. The highest BCUT2D eigenvalue weighted by molar-refractivity contribution is 6.07. The van der Waals surface area contributed by atoms with Crippen molar-refractivity contribution in [3.63, 3.8) is 0 Å². The van der Waals surface area contributed by atoms with Gasteiger partial charge in [-0.1, -0.05) is 17.7 Å². The molecule has 1 aromatic rings. The number of amides is 1. The number of aromatic hydroxyl groups is 1. The fraction of sp³-hybridized carbons (Fsp3) is 0.571. The van der Waals surface area contributed by atoms with Gasteiger partial charge in [-0.2, -0.15) is 5.06 Å². The number of rotatable bonds is 1. The number of benzene rings is 1. The minimum atomic E-state index is -0.759. The normalized spacial score (nSPS) is 39.3. The first-order valence-electron chi connectivity index (χ1n) is 9.70. The highest BCUT2D eigenvalue weighted by atomic mass is 16.7. The van der Waals surface area contributed by atoms with Crippen molar-refractivity contribution in [2.24, 2.45) is 11.8 Å². The van der Waals surface area contributed by atoms with Crippen molar-refractivity contribution in [1.29, 1.82) is 0 Å². The lowest BCUT2D eigenvalue weighted by molar-refractivity contribution is -0.137. The molecule has 1 amide bonds. The van der Waals surface area contributed by atoms with Gasteiger partial charge in [-0.3, -0.25) is 14.5 Å². The fourth-order valence-electron chi connectivity index (χ4n) is 6.05. The number of likely N-dealkylation sites (tertiary alicyclic amines) is 1. The number of phenolic OH excluding ortho intramolecular Hbond substituents is 1. The van der Waals surface area contributed by atoms with Crippen molar-refractivity contribution in [1.82, 2.24) is 4.90 Å². The molecule has 4 heterocycles. The average molecular weight is 370 g/mol. The second kappa shape index (κ2) is 5.80. The van der Waals surface area contributed by atoms with E-state index in [0.717, 1.165) is 24.9 Å². The number of likely N-dealkylation sites (N-methyl/N-ethyl adjacent to an activating group) is 1. The molecule has 4 fully saturated rings. The number of hydrogen-bond donors (Lipinski definition) is 1. The van der Waals surface area contributed by atoms with Crippen molar-refractivity contribution >= 4 is 11.6 Å². The van der Waals surface area contributed by atoms with Crippen molar-refractivity contribution in [2.75, 3.05) is 32.4 Å². The zero-order valence-electron chi connectivity index (χ0n) is 16.0. The molecule has 5 atom stereocenters. The second-order valence-electron chi connectivity index (χ2n) is 8.33. The molecule has 1 spiro atoms. The number of ether oxygens (including phenoxy) is 1. The number of carbonyl (C=O) groups excluding carboxylic acids is 1. The van der Waals surface area contributed by atoms with E-state index in [0.29, 0.717) is 24.1 Å². The first kappa shape index (κ1) is 17.2. The Bertz CT molecular complexity index is 837. The maximum Gasteiger partial charge on any atom is 0.264 e. The smallest absolute Gasteiger partial charge is 0.264 e. The molecule has 0 radical (unpaired) electrons. The third kappa shape index (κ3) is 2.09. The summed E-state index contributed by atoms with van der Waals surface area (Å²) in [6.07, 6.45) is 3.65. The van der Waals surface area contributed by atoms with Crippen molar-refractivity contribution in [3.8, 4) is 5.75 Å². The number of phenols is 1. The largest absolute Gasteiger partial charge is 0.508 e. The minimum Gasteiger partial charge on any atom is -0.508 e. The van der Waals surface area contributed by atoms with Crippen LogP contribution in [0, 0.1) is 11.8 Å². The summed E-state index contributed by atoms with van der Waals surface area (Å²) in [6.45, 7) is 3.76. The first-order chi connectivity index (χ1) is 13.0. The highest BCUT2D eigenvalue weighted by Gasteiger charge is 2.64. The van der Waals surface area contributed by atoms with Crippen molar-refractivity contribution < 1.29 is 19.5 Å². The Hall–Kier alpha value is -1.89. The van der Waals surface area contributed by atoms with Crippen LogP contribution in [0.2, 0.25) is 0 Å². The van der Waals surface area contributed by atoms with Crippen molar-refractivity contribution in [3.05, 3.63) is 35.4 Å². The van der Waals surface area contributed by atoms with E-state index in [9.17, 15) is 9.90 Å². The molecule has 6 heteroatoms. The predicted molar refractivity (Wildman–Crippen MR) is 100 cm³/mol. The van der Waals surface area contributed by atoms with Crippen LogP contribution in [-0.4, -0.2) is 55.4 Å². The van der Waals surface area contributed by atoms with Gasteiger partial charge in [-0.05, 0) is 44.4 Å². The molecule has 4 aliphatic heterocycles. The van der Waals surface area contributed by atoms with Crippen LogP contribution in [0.4, 0.5) is 5.69 Å². The number of hydrogen-bond acceptors (Lipinski definition) is 5. The van der Waals surface area contributed by atoms with Crippen LogP contribution in [0.5, 0.6) is 5.75 Å². The van der Waals surface area contributed by atoms with E-state index in [4.69, 9.17) is 9.57 Å². The molecule has 5 aliphatic rings. The molecule has 27 heavy (non-hydrogen) atoms. The van der Waals surface area contributed by atoms with Gasteiger partial charge in [0.05, 0.1) is 25.5 Å². The summed E-state index contributed by atoms with van der Waals surface area (Å²) >= 11 is 0. The van der Waals surface area contributed by atoms with Gasteiger partial charge in [-0.25, -0.2) is 0 Å². The van der Waals surface area contributed by atoms with E-state index in [2.05, 4.69) is 24.9 Å². The Morgan fingerprint density at radius 3 is 2.96 bits per heavy atom. The number of carbonyl (C=O) groups is 1. The second-order valence-corrected chi connectivity index (χ2v) is 8.33. The van der Waals surface area contributed by atoms with Gasteiger partial charge < -0.3 is 9.84 Å². The quantitative estimate of drug-likeness (QED) is 0.768. The maximum absolute atomic E-state index is 13.7. The zero-order chi connectivity index (χ0) is 18.9. The molecular weight excluding hydrogens is 344 g/mol.